The number of thioether (sulfide) groups is 2. The first kappa shape index (κ1) is 18.6. The number of furan rings is 1. The quantitative estimate of drug-likeness (QED) is 0.598. The van der Waals surface area contributed by atoms with Crippen LogP contribution in [0.4, 0.5) is 5.69 Å². The third kappa shape index (κ3) is 4.13. The number of anilines is 1. The Labute approximate surface area is 160 Å². The van der Waals surface area contributed by atoms with Gasteiger partial charge >= 0.3 is 0 Å². The lowest BCUT2D eigenvalue weighted by Gasteiger charge is -2.13. The maximum absolute atomic E-state index is 12.4. The number of hydrogen-bond donors (Lipinski definition) is 1. The van der Waals surface area contributed by atoms with E-state index in [4.69, 9.17) is 4.42 Å². The van der Waals surface area contributed by atoms with Crippen LogP contribution < -0.4 is 5.32 Å². The molecule has 0 fully saturated rings. The molecule has 0 aliphatic carbocycles. The van der Waals surface area contributed by atoms with Gasteiger partial charge in [0.2, 0.25) is 11.7 Å². The standard InChI is InChI=1S/C18H20N4O2S2/c1-12(2)22-17(14-8-6-10-24-14)20-21-18(22)26-11-16(23)19-13-7-4-5-9-15(13)25-3/h4-10,12H,11H2,1-3H3,(H,19,23). The third-order valence-corrected chi connectivity index (χ3v) is 5.37. The molecule has 2 heterocycles. The summed E-state index contributed by atoms with van der Waals surface area (Å²) in [5, 5.41) is 12.1. The molecular formula is C18H20N4O2S2. The Morgan fingerprint density at radius 3 is 2.73 bits per heavy atom. The van der Waals surface area contributed by atoms with Crippen molar-refractivity contribution in [2.75, 3.05) is 17.3 Å². The molecule has 3 rings (SSSR count). The molecular weight excluding hydrogens is 368 g/mol. The summed E-state index contributed by atoms with van der Waals surface area (Å²) < 4.78 is 7.42. The van der Waals surface area contributed by atoms with Gasteiger partial charge in [-0.05, 0) is 44.4 Å². The van der Waals surface area contributed by atoms with E-state index in [1.54, 1.807) is 18.0 Å². The maximum atomic E-state index is 12.4. The topological polar surface area (TPSA) is 73.0 Å². The van der Waals surface area contributed by atoms with Crippen molar-refractivity contribution in [1.82, 2.24) is 14.8 Å². The number of carbonyl (C=O) groups is 1. The molecule has 0 atom stereocenters. The number of para-hydroxylation sites is 1. The number of carbonyl (C=O) groups excluding carboxylic acids is 1. The SMILES string of the molecule is CSc1ccccc1NC(=O)CSc1nnc(-c2ccco2)n1C(C)C. The first-order valence-corrected chi connectivity index (χ1v) is 10.4. The van der Waals surface area contributed by atoms with Crippen molar-refractivity contribution in [3.8, 4) is 11.6 Å². The maximum Gasteiger partial charge on any atom is 0.234 e. The van der Waals surface area contributed by atoms with E-state index in [2.05, 4.69) is 29.4 Å². The van der Waals surface area contributed by atoms with Crippen LogP contribution in [-0.2, 0) is 4.79 Å². The Balaban J connectivity index is 1.71. The van der Waals surface area contributed by atoms with E-state index in [1.165, 1.54) is 11.8 Å². The van der Waals surface area contributed by atoms with Crippen molar-refractivity contribution in [3.05, 3.63) is 42.7 Å². The minimum absolute atomic E-state index is 0.0747. The van der Waals surface area contributed by atoms with E-state index in [1.807, 2.05) is 47.2 Å². The summed E-state index contributed by atoms with van der Waals surface area (Å²) in [4.78, 5) is 13.4. The molecule has 1 N–H and O–H groups in total. The minimum Gasteiger partial charge on any atom is -0.461 e. The van der Waals surface area contributed by atoms with Crippen LogP contribution in [0.3, 0.4) is 0 Å². The third-order valence-electron chi connectivity index (χ3n) is 3.64. The summed E-state index contributed by atoms with van der Waals surface area (Å²) in [6, 6.07) is 11.6. The lowest BCUT2D eigenvalue weighted by molar-refractivity contribution is -0.113. The highest BCUT2D eigenvalue weighted by Gasteiger charge is 2.19. The summed E-state index contributed by atoms with van der Waals surface area (Å²) in [7, 11) is 0. The van der Waals surface area contributed by atoms with Gasteiger partial charge in [-0.15, -0.1) is 22.0 Å². The number of benzene rings is 1. The molecule has 1 amide bonds. The van der Waals surface area contributed by atoms with Crippen LogP contribution >= 0.6 is 23.5 Å². The minimum atomic E-state index is -0.0747. The van der Waals surface area contributed by atoms with Crippen LogP contribution in [0, 0.1) is 0 Å². The molecule has 0 saturated heterocycles. The van der Waals surface area contributed by atoms with Crippen LogP contribution in [0.15, 0.2) is 57.1 Å². The predicted molar refractivity (Wildman–Crippen MR) is 106 cm³/mol. The smallest absolute Gasteiger partial charge is 0.234 e. The van der Waals surface area contributed by atoms with Gasteiger partial charge in [-0.2, -0.15) is 0 Å². The van der Waals surface area contributed by atoms with Crippen LogP contribution in [0.1, 0.15) is 19.9 Å². The van der Waals surface area contributed by atoms with Gasteiger partial charge in [0.1, 0.15) is 0 Å². The fourth-order valence-corrected chi connectivity index (χ4v) is 3.90. The van der Waals surface area contributed by atoms with Crippen molar-refractivity contribution in [2.24, 2.45) is 0 Å². The molecule has 2 aromatic heterocycles. The number of nitrogens with zero attached hydrogens (tertiary/aromatic N) is 3. The van der Waals surface area contributed by atoms with E-state index in [0.717, 1.165) is 10.6 Å². The highest BCUT2D eigenvalue weighted by Crippen LogP contribution is 2.28. The zero-order chi connectivity index (χ0) is 18.5. The number of aromatic nitrogens is 3. The molecule has 0 unspecified atom stereocenters. The first-order valence-electron chi connectivity index (χ1n) is 8.14. The Morgan fingerprint density at radius 2 is 2.04 bits per heavy atom. The van der Waals surface area contributed by atoms with Crippen molar-refractivity contribution in [1.29, 1.82) is 0 Å². The van der Waals surface area contributed by atoms with Crippen LogP contribution in [-0.4, -0.2) is 32.7 Å². The van der Waals surface area contributed by atoms with E-state index < -0.39 is 0 Å². The fraction of sp³-hybridized carbons (Fsp3) is 0.278. The zero-order valence-electron chi connectivity index (χ0n) is 14.8. The second-order valence-corrected chi connectivity index (χ2v) is 7.57. The molecule has 0 saturated carbocycles. The highest BCUT2D eigenvalue weighted by atomic mass is 32.2. The molecule has 136 valence electrons. The van der Waals surface area contributed by atoms with E-state index in [0.29, 0.717) is 16.7 Å². The average Bonchev–Trinajstić information content (AvgIpc) is 3.29. The van der Waals surface area contributed by atoms with Gasteiger partial charge in [0.25, 0.3) is 0 Å². The summed E-state index contributed by atoms with van der Waals surface area (Å²) in [5.74, 6) is 1.51. The van der Waals surface area contributed by atoms with E-state index in [9.17, 15) is 4.79 Å². The molecule has 0 bridgehead atoms. The molecule has 0 aliphatic heterocycles. The summed E-state index contributed by atoms with van der Waals surface area (Å²) in [6.45, 7) is 4.10. The Bertz CT molecular complexity index is 875. The van der Waals surface area contributed by atoms with Gasteiger partial charge < -0.3 is 9.73 Å². The van der Waals surface area contributed by atoms with Gasteiger partial charge in [0.05, 0.1) is 17.7 Å². The van der Waals surface area contributed by atoms with Gasteiger partial charge in [-0.25, -0.2) is 0 Å². The molecule has 0 aliphatic rings. The summed E-state index contributed by atoms with van der Waals surface area (Å²) in [5.41, 5.74) is 0.826. The molecule has 3 aromatic rings. The summed E-state index contributed by atoms with van der Waals surface area (Å²) in [6.07, 6.45) is 3.60. The second-order valence-electron chi connectivity index (χ2n) is 5.78. The van der Waals surface area contributed by atoms with E-state index in [-0.39, 0.29) is 17.7 Å². The van der Waals surface area contributed by atoms with Gasteiger partial charge in [0.15, 0.2) is 10.9 Å². The zero-order valence-corrected chi connectivity index (χ0v) is 16.4. The molecule has 26 heavy (non-hydrogen) atoms. The number of nitrogens with one attached hydrogen (secondary N) is 1. The Hall–Kier alpha value is -2.19. The predicted octanol–water partition coefficient (Wildman–Crippen LogP) is 4.57. The van der Waals surface area contributed by atoms with E-state index >= 15 is 0 Å². The van der Waals surface area contributed by atoms with Gasteiger partial charge in [-0.3, -0.25) is 9.36 Å². The monoisotopic (exact) mass is 388 g/mol. The normalized spacial score (nSPS) is 11.1. The molecule has 1 aromatic carbocycles. The lowest BCUT2D eigenvalue weighted by atomic mass is 10.3. The highest BCUT2D eigenvalue weighted by molar-refractivity contribution is 7.99. The fourth-order valence-electron chi connectivity index (χ4n) is 2.48. The first-order chi connectivity index (χ1) is 12.6. The van der Waals surface area contributed by atoms with Crippen molar-refractivity contribution in [3.63, 3.8) is 0 Å². The Morgan fingerprint density at radius 1 is 1.23 bits per heavy atom. The second kappa shape index (κ2) is 8.46. The molecule has 6 nitrogen and oxygen atoms in total. The Kier molecular flexibility index (Phi) is 6.05. The largest absolute Gasteiger partial charge is 0.461 e. The molecule has 8 heteroatoms. The summed E-state index contributed by atoms with van der Waals surface area (Å²) >= 11 is 2.96. The van der Waals surface area contributed by atoms with Gasteiger partial charge in [0, 0.05) is 10.9 Å². The lowest BCUT2D eigenvalue weighted by Crippen LogP contribution is -2.15. The number of rotatable bonds is 7. The molecule has 0 radical (unpaired) electrons. The van der Waals surface area contributed by atoms with Crippen molar-refractivity contribution < 1.29 is 9.21 Å². The molecule has 0 spiro atoms. The average molecular weight is 389 g/mol. The van der Waals surface area contributed by atoms with Gasteiger partial charge in [-0.1, -0.05) is 23.9 Å². The van der Waals surface area contributed by atoms with Crippen molar-refractivity contribution in [2.45, 2.75) is 29.9 Å². The number of hydrogen-bond acceptors (Lipinski definition) is 6. The number of amides is 1. The van der Waals surface area contributed by atoms with Crippen LogP contribution in [0.25, 0.3) is 11.6 Å². The van der Waals surface area contributed by atoms with Crippen LogP contribution in [0.5, 0.6) is 0 Å². The van der Waals surface area contributed by atoms with Crippen LogP contribution in [0.2, 0.25) is 0 Å². The van der Waals surface area contributed by atoms with Crippen molar-refractivity contribution >= 4 is 35.1 Å².